The van der Waals surface area contributed by atoms with Crippen molar-refractivity contribution in [1.82, 2.24) is 9.80 Å². The van der Waals surface area contributed by atoms with Gasteiger partial charge in [0.15, 0.2) is 0 Å². The molecule has 2 rings (SSSR count). The van der Waals surface area contributed by atoms with E-state index in [1.165, 1.54) is 0 Å². The summed E-state index contributed by atoms with van der Waals surface area (Å²) >= 11 is 1.64. The van der Waals surface area contributed by atoms with Crippen LogP contribution in [0.3, 0.4) is 0 Å². The molecule has 1 heterocycles. The van der Waals surface area contributed by atoms with Crippen LogP contribution in [0.4, 0.5) is 0 Å². The summed E-state index contributed by atoms with van der Waals surface area (Å²) in [6, 6.07) is 14.0. The Morgan fingerprint density at radius 3 is 2.41 bits per heavy atom. The van der Waals surface area contributed by atoms with E-state index in [0.29, 0.717) is 32.7 Å². The van der Waals surface area contributed by atoms with Gasteiger partial charge in [0.25, 0.3) is 0 Å². The number of rotatable bonds is 13. The van der Waals surface area contributed by atoms with Crippen molar-refractivity contribution in [2.45, 2.75) is 45.7 Å². The van der Waals surface area contributed by atoms with Gasteiger partial charge in [-0.15, -0.1) is 11.3 Å². The van der Waals surface area contributed by atoms with Crippen molar-refractivity contribution in [3.05, 3.63) is 58.3 Å². The van der Waals surface area contributed by atoms with E-state index < -0.39 is 0 Å². The third kappa shape index (κ3) is 8.38. The van der Waals surface area contributed by atoms with Crippen LogP contribution >= 0.6 is 11.3 Å². The molecule has 2 amide bonds. The van der Waals surface area contributed by atoms with Gasteiger partial charge in [-0.05, 0) is 29.9 Å². The Balaban J connectivity index is 2.09. The van der Waals surface area contributed by atoms with Crippen LogP contribution in [0.5, 0.6) is 0 Å². The molecule has 0 unspecified atom stereocenters. The van der Waals surface area contributed by atoms with Crippen molar-refractivity contribution in [2.75, 3.05) is 26.8 Å². The number of methoxy groups -OCH3 is 1. The standard InChI is InChI=1S/C23H32N2O3S/c1-3-4-13-22(26)24(14-9-15-28-2)19-23(27)25(18-21-12-8-16-29-21)17-20-10-6-5-7-11-20/h5-8,10-12,16H,3-4,9,13-15,17-19H2,1-2H3. The molecule has 29 heavy (non-hydrogen) atoms. The smallest absolute Gasteiger partial charge is 0.242 e. The highest BCUT2D eigenvalue weighted by Gasteiger charge is 2.21. The minimum atomic E-state index is -0.0236. The highest BCUT2D eigenvalue weighted by molar-refractivity contribution is 7.09. The Morgan fingerprint density at radius 1 is 0.966 bits per heavy atom. The lowest BCUT2D eigenvalue weighted by molar-refractivity contribution is -0.141. The fourth-order valence-electron chi connectivity index (χ4n) is 3.07. The van der Waals surface area contributed by atoms with Crippen molar-refractivity contribution < 1.29 is 14.3 Å². The molecule has 0 fully saturated rings. The maximum atomic E-state index is 13.2. The van der Waals surface area contributed by atoms with Gasteiger partial charge in [-0.3, -0.25) is 9.59 Å². The lowest BCUT2D eigenvalue weighted by atomic mass is 10.2. The normalized spacial score (nSPS) is 10.7. The third-order valence-electron chi connectivity index (χ3n) is 4.70. The molecule has 0 aliphatic heterocycles. The van der Waals surface area contributed by atoms with Gasteiger partial charge >= 0.3 is 0 Å². The minimum absolute atomic E-state index is 0.0236. The Bertz CT molecular complexity index is 719. The van der Waals surface area contributed by atoms with Crippen molar-refractivity contribution in [3.8, 4) is 0 Å². The average molecular weight is 417 g/mol. The second-order valence-electron chi connectivity index (χ2n) is 7.08. The molecule has 0 N–H and O–H groups in total. The minimum Gasteiger partial charge on any atom is -0.385 e. The van der Waals surface area contributed by atoms with Crippen LogP contribution in [0, 0.1) is 0 Å². The van der Waals surface area contributed by atoms with E-state index in [0.717, 1.165) is 29.7 Å². The van der Waals surface area contributed by atoms with E-state index in [-0.39, 0.29) is 18.4 Å². The zero-order chi connectivity index (χ0) is 20.9. The van der Waals surface area contributed by atoms with E-state index >= 15 is 0 Å². The van der Waals surface area contributed by atoms with Crippen molar-refractivity contribution in [2.24, 2.45) is 0 Å². The summed E-state index contributed by atoms with van der Waals surface area (Å²) < 4.78 is 5.12. The number of nitrogens with zero attached hydrogens (tertiary/aromatic N) is 2. The van der Waals surface area contributed by atoms with Crippen LogP contribution in [-0.4, -0.2) is 48.4 Å². The molecule has 0 aliphatic rings. The number of ether oxygens (including phenoxy) is 1. The van der Waals surface area contributed by atoms with Crippen LogP contribution in [0.1, 0.15) is 43.0 Å². The van der Waals surface area contributed by atoms with E-state index in [4.69, 9.17) is 4.74 Å². The molecule has 6 heteroatoms. The first-order chi connectivity index (χ1) is 14.1. The van der Waals surface area contributed by atoms with Crippen molar-refractivity contribution in [3.63, 3.8) is 0 Å². The van der Waals surface area contributed by atoms with Crippen LogP contribution in [0.25, 0.3) is 0 Å². The maximum absolute atomic E-state index is 13.2. The van der Waals surface area contributed by atoms with Gasteiger partial charge in [-0.2, -0.15) is 0 Å². The fraction of sp³-hybridized carbons (Fsp3) is 0.478. The summed E-state index contributed by atoms with van der Waals surface area (Å²) in [4.78, 5) is 30.5. The van der Waals surface area contributed by atoms with Crippen LogP contribution in [-0.2, 0) is 27.4 Å². The molecule has 1 aromatic carbocycles. The second-order valence-corrected chi connectivity index (χ2v) is 8.11. The molecule has 0 aliphatic carbocycles. The number of hydrogen-bond acceptors (Lipinski definition) is 4. The first kappa shape index (κ1) is 23.1. The number of carbonyl (C=O) groups is 2. The highest BCUT2D eigenvalue weighted by atomic mass is 32.1. The molecule has 0 atom stereocenters. The SMILES string of the molecule is CCCCC(=O)N(CCCOC)CC(=O)N(Cc1ccccc1)Cc1cccs1. The molecule has 0 saturated carbocycles. The first-order valence-corrected chi connectivity index (χ1v) is 11.1. The summed E-state index contributed by atoms with van der Waals surface area (Å²) in [5.41, 5.74) is 1.08. The molecule has 158 valence electrons. The topological polar surface area (TPSA) is 49.9 Å². The molecule has 0 spiro atoms. The lowest BCUT2D eigenvalue weighted by Crippen LogP contribution is -2.43. The predicted octanol–water partition coefficient (Wildman–Crippen LogP) is 4.33. The van der Waals surface area contributed by atoms with Crippen LogP contribution < -0.4 is 0 Å². The summed E-state index contributed by atoms with van der Waals surface area (Å²) in [7, 11) is 1.65. The average Bonchev–Trinajstić information content (AvgIpc) is 3.24. The van der Waals surface area contributed by atoms with Gasteiger partial charge in [0, 0.05) is 38.1 Å². The van der Waals surface area contributed by atoms with Gasteiger partial charge < -0.3 is 14.5 Å². The third-order valence-corrected chi connectivity index (χ3v) is 5.56. The molecule has 0 bridgehead atoms. The maximum Gasteiger partial charge on any atom is 0.242 e. The first-order valence-electron chi connectivity index (χ1n) is 10.2. The van der Waals surface area contributed by atoms with Crippen molar-refractivity contribution in [1.29, 1.82) is 0 Å². The lowest BCUT2D eigenvalue weighted by Gasteiger charge is -2.28. The van der Waals surface area contributed by atoms with Crippen LogP contribution in [0.15, 0.2) is 47.8 Å². The monoisotopic (exact) mass is 416 g/mol. The molecule has 0 saturated heterocycles. The molecular weight excluding hydrogens is 384 g/mol. The number of thiophene rings is 1. The Morgan fingerprint density at radius 2 is 1.76 bits per heavy atom. The van der Waals surface area contributed by atoms with Crippen molar-refractivity contribution >= 4 is 23.2 Å². The van der Waals surface area contributed by atoms with E-state index in [1.807, 2.05) is 52.7 Å². The largest absolute Gasteiger partial charge is 0.385 e. The number of hydrogen-bond donors (Lipinski definition) is 0. The highest BCUT2D eigenvalue weighted by Crippen LogP contribution is 2.15. The van der Waals surface area contributed by atoms with Gasteiger partial charge in [0.05, 0.1) is 13.1 Å². The number of unbranched alkanes of at least 4 members (excludes halogenated alkanes) is 1. The van der Waals surface area contributed by atoms with Gasteiger partial charge in [-0.1, -0.05) is 49.7 Å². The molecular formula is C23H32N2O3S. The summed E-state index contributed by atoms with van der Waals surface area (Å²) in [5, 5.41) is 2.02. The number of benzene rings is 1. The summed E-state index contributed by atoms with van der Waals surface area (Å²) in [6.45, 7) is 4.39. The molecule has 5 nitrogen and oxygen atoms in total. The van der Waals surface area contributed by atoms with Crippen LogP contribution in [0.2, 0.25) is 0 Å². The van der Waals surface area contributed by atoms with Gasteiger partial charge in [-0.25, -0.2) is 0 Å². The Hall–Kier alpha value is -2.18. The molecule has 2 aromatic rings. The molecule has 0 radical (unpaired) electrons. The fourth-order valence-corrected chi connectivity index (χ4v) is 3.79. The predicted molar refractivity (Wildman–Crippen MR) is 118 cm³/mol. The van der Waals surface area contributed by atoms with E-state index in [9.17, 15) is 9.59 Å². The zero-order valence-corrected chi connectivity index (χ0v) is 18.3. The van der Waals surface area contributed by atoms with E-state index in [2.05, 4.69) is 6.92 Å². The Kier molecular flexibility index (Phi) is 10.5. The zero-order valence-electron chi connectivity index (χ0n) is 17.5. The Labute approximate surface area is 178 Å². The number of carbonyl (C=O) groups excluding carboxylic acids is 2. The van der Waals surface area contributed by atoms with Gasteiger partial charge in [0.2, 0.25) is 11.8 Å². The van der Waals surface area contributed by atoms with E-state index in [1.54, 1.807) is 23.3 Å². The quantitative estimate of drug-likeness (QED) is 0.457. The second kappa shape index (κ2) is 13.1. The van der Waals surface area contributed by atoms with Gasteiger partial charge in [0.1, 0.15) is 0 Å². The number of amides is 2. The summed E-state index contributed by atoms with van der Waals surface area (Å²) in [6.07, 6.45) is 3.02. The summed E-state index contributed by atoms with van der Waals surface area (Å²) in [5.74, 6) is 0.0246. The molecule has 1 aromatic heterocycles.